The molecule has 0 N–H and O–H groups in total. The maximum Gasteiger partial charge on any atom is 0.122 e. The molecule has 3 heteroatoms. The smallest absolute Gasteiger partial charge is 0.122 e. The van der Waals surface area contributed by atoms with Crippen molar-refractivity contribution in [3.05, 3.63) is 41.1 Å². The van der Waals surface area contributed by atoms with Crippen molar-refractivity contribution in [2.75, 3.05) is 7.11 Å². The van der Waals surface area contributed by atoms with E-state index in [1.807, 2.05) is 0 Å². The SMILES string of the molecule is COc1cc(-c2cc3c(nn2)CCCC3)ccc1C(C)C. The van der Waals surface area contributed by atoms with Gasteiger partial charge in [-0.15, -0.1) is 0 Å². The van der Waals surface area contributed by atoms with Crippen molar-refractivity contribution < 1.29 is 4.74 Å². The quantitative estimate of drug-likeness (QED) is 0.848. The molecule has 1 heterocycles. The molecule has 0 bridgehead atoms. The lowest BCUT2D eigenvalue weighted by Gasteiger charge is -2.16. The zero-order valence-corrected chi connectivity index (χ0v) is 13.0. The number of benzene rings is 1. The van der Waals surface area contributed by atoms with E-state index in [-0.39, 0.29) is 0 Å². The molecular formula is C18H22N2O. The summed E-state index contributed by atoms with van der Waals surface area (Å²) in [5, 5.41) is 8.82. The molecule has 2 aromatic rings. The van der Waals surface area contributed by atoms with Crippen LogP contribution in [-0.2, 0) is 12.8 Å². The molecule has 0 unspecified atom stereocenters. The fourth-order valence-corrected chi connectivity index (χ4v) is 2.98. The highest BCUT2D eigenvalue weighted by atomic mass is 16.5. The van der Waals surface area contributed by atoms with Crippen LogP contribution in [0.1, 0.15) is 49.4 Å². The molecule has 0 amide bonds. The highest BCUT2D eigenvalue weighted by Crippen LogP contribution is 2.31. The number of aromatic nitrogens is 2. The summed E-state index contributed by atoms with van der Waals surface area (Å²) in [5.41, 5.74) is 5.79. The lowest BCUT2D eigenvalue weighted by Crippen LogP contribution is -2.07. The van der Waals surface area contributed by atoms with Crippen LogP contribution in [0.5, 0.6) is 5.75 Å². The zero-order chi connectivity index (χ0) is 14.8. The average Bonchev–Trinajstić information content (AvgIpc) is 2.53. The van der Waals surface area contributed by atoms with Crippen molar-refractivity contribution in [1.29, 1.82) is 0 Å². The molecule has 0 saturated heterocycles. The molecule has 0 fully saturated rings. The minimum atomic E-state index is 0.448. The van der Waals surface area contributed by atoms with E-state index in [2.05, 4.69) is 48.3 Å². The van der Waals surface area contributed by atoms with Gasteiger partial charge in [0, 0.05) is 5.56 Å². The standard InChI is InChI=1S/C18H22N2O/c1-12(2)15-9-8-14(11-18(15)21-3)17-10-13-6-4-5-7-16(13)19-20-17/h8-12H,4-7H2,1-3H3. The van der Waals surface area contributed by atoms with Gasteiger partial charge in [0.1, 0.15) is 5.75 Å². The average molecular weight is 282 g/mol. The Bertz CT molecular complexity index is 650. The summed E-state index contributed by atoms with van der Waals surface area (Å²) in [5.74, 6) is 1.38. The Morgan fingerprint density at radius 3 is 2.62 bits per heavy atom. The van der Waals surface area contributed by atoms with Crippen molar-refractivity contribution in [3.8, 4) is 17.0 Å². The second kappa shape index (κ2) is 5.84. The van der Waals surface area contributed by atoms with Gasteiger partial charge in [0.25, 0.3) is 0 Å². The predicted molar refractivity (Wildman–Crippen MR) is 84.8 cm³/mol. The molecule has 1 aliphatic carbocycles. The molecule has 110 valence electrons. The molecule has 0 saturated carbocycles. The third-order valence-corrected chi connectivity index (χ3v) is 4.22. The summed E-state index contributed by atoms with van der Waals surface area (Å²) in [4.78, 5) is 0. The maximum absolute atomic E-state index is 5.53. The van der Waals surface area contributed by atoms with E-state index in [0.29, 0.717) is 5.92 Å². The molecule has 21 heavy (non-hydrogen) atoms. The van der Waals surface area contributed by atoms with Crippen LogP contribution >= 0.6 is 0 Å². The summed E-state index contributed by atoms with van der Waals surface area (Å²) in [7, 11) is 1.73. The number of aryl methyl sites for hydroxylation is 2. The minimum Gasteiger partial charge on any atom is -0.496 e. The Balaban J connectivity index is 2.00. The number of rotatable bonds is 3. The van der Waals surface area contributed by atoms with Crippen LogP contribution in [0.3, 0.4) is 0 Å². The lowest BCUT2D eigenvalue weighted by atomic mass is 9.94. The Hall–Kier alpha value is -1.90. The summed E-state index contributed by atoms with van der Waals surface area (Å²) in [6.45, 7) is 4.35. The predicted octanol–water partition coefficient (Wildman–Crippen LogP) is 4.15. The third-order valence-electron chi connectivity index (χ3n) is 4.22. The molecular weight excluding hydrogens is 260 g/mol. The monoisotopic (exact) mass is 282 g/mol. The second-order valence-electron chi connectivity index (χ2n) is 6.02. The Morgan fingerprint density at radius 2 is 1.86 bits per heavy atom. The maximum atomic E-state index is 5.53. The summed E-state index contributed by atoms with van der Waals surface area (Å²) in [6.07, 6.45) is 4.68. The van der Waals surface area contributed by atoms with Gasteiger partial charge >= 0.3 is 0 Å². The van der Waals surface area contributed by atoms with E-state index in [9.17, 15) is 0 Å². The Morgan fingerprint density at radius 1 is 1.05 bits per heavy atom. The first-order chi connectivity index (χ1) is 10.2. The van der Waals surface area contributed by atoms with Crippen LogP contribution in [-0.4, -0.2) is 17.3 Å². The van der Waals surface area contributed by atoms with Crippen LogP contribution in [0.25, 0.3) is 11.3 Å². The number of fused-ring (bicyclic) bond motifs is 1. The van der Waals surface area contributed by atoms with Crippen molar-refractivity contribution in [3.63, 3.8) is 0 Å². The van der Waals surface area contributed by atoms with Gasteiger partial charge in [-0.2, -0.15) is 10.2 Å². The topological polar surface area (TPSA) is 35.0 Å². The second-order valence-corrected chi connectivity index (χ2v) is 6.02. The van der Waals surface area contributed by atoms with E-state index in [1.165, 1.54) is 29.7 Å². The van der Waals surface area contributed by atoms with E-state index < -0.39 is 0 Å². The summed E-state index contributed by atoms with van der Waals surface area (Å²) < 4.78 is 5.53. The van der Waals surface area contributed by atoms with Gasteiger partial charge in [0.05, 0.1) is 18.5 Å². The van der Waals surface area contributed by atoms with Gasteiger partial charge < -0.3 is 4.74 Å². The van der Waals surface area contributed by atoms with Crippen molar-refractivity contribution in [1.82, 2.24) is 10.2 Å². The van der Waals surface area contributed by atoms with Crippen LogP contribution in [0.4, 0.5) is 0 Å². The van der Waals surface area contributed by atoms with E-state index in [4.69, 9.17) is 4.74 Å². The van der Waals surface area contributed by atoms with E-state index in [1.54, 1.807) is 7.11 Å². The number of methoxy groups -OCH3 is 1. The van der Waals surface area contributed by atoms with Crippen molar-refractivity contribution in [2.24, 2.45) is 0 Å². The third kappa shape index (κ3) is 2.78. The Labute approximate surface area is 126 Å². The van der Waals surface area contributed by atoms with Gasteiger partial charge in [-0.1, -0.05) is 26.0 Å². The number of nitrogens with zero attached hydrogens (tertiary/aromatic N) is 2. The normalized spacial score (nSPS) is 14.1. The van der Waals surface area contributed by atoms with Crippen LogP contribution in [0.2, 0.25) is 0 Å². The fraction of sp³-hybridized carbons (Fsp3) is 0.444. The van der Waals surface area contributed by atoms with Crippen LogP contribution < -0.4 is 4.74 Å². The van der Waals surface area contributed by atoms with E-state index in [0.717, 1.165) is 29.8 Å². The van der Waals surface area contributed by atoms with Gasteiger partial charge in [0.15, 0.2) is 0 Å². The highest BCUT2D eigenvalue weighted by molar-refractivity contribution is 5.63. The molecule has 0 spiro atoms. The van der Waals surface area contributed by atoms with Crippen molar-refractivity contribution in [2.45, 2.75) is 45.4 Å². The molecule has 3 nitrogen and oxygen atoms in total. The molecule has 1 aromatic heterocycles. The first-order valence-corrected chi connectivity index (χ1v) is 7.73. The number of hydrogen-bond acceptors (Lipinski definition) is 3. The summed E-state index contributed by atoms with van der Waals surface area (Å²) in [6, 6.07) is 8.54. The number of ether oxygens (including phenoxy) is 1. The van der Waals surface area contributed by atoms with Gasteiger partial charge in [-0.3, -0.25) is 0 Å². The largest absolute Gasteiger partial charge is 0.496 e. The summed E-state index contributed by atoms with van der Waals surface area (Å²) >= 11 is 0. The van der Waals surface area contributed by atoms with Gasteiger partial charge in [-0.05, 0) is 54.9 Å². The minimum absolute atomic E-state index is 0.448. The zero-order valence-electron chi connectivity index (χ0n) is 13.0. The first kappa shape index (κ1) is 14.1. The molecule has 1 aliphatic rings. The Kier molecular flexibility index (Phi) is 3.91. The fourth-order valence-electron chi connectivity index (χ4n) is 2.98. The van der Waals surface area contributed by atoms with Gasteiger partial charge in [0.2, 0.25) is 0 Å². The van der Waals surface area contributed by atoms with Crippen molar-refractivity contribution >= 4 is 0 Å². The molecule has 3 rings (SSSR count). The highest BCUT2D eigenvalue weighted by Gasteiger charge is 2.14. The molecule has 0 atom stereocenters. The first-order valence-electron chi connectivity index (χ1n) is 7.73. The molecule has 0 radical (unpaired) electrons. The molecule has 1 aromatic carbocycles. The lowest BCUT2D eigenvalue weighted by molar-refractivity contribution is 0.408. The van der Waals surface area contributed by atoms with Crippen LogP contribution in [0, 0.1) is 0 Å². The van der Waals surface area contributed by atoms with E-state index >= 15 is 0 Å². The number of hydrogen-bond donors (Lipinski definition) is 0. The van der Waals surface area contributed by atoms with Crippen LogP contribution in [0.15, 0.2) is 24.3 Å². The molecule has 0 aliphatic heterocycles. The van der Waals surface area contributed by atoms with Gasteiger partial charge in [-0.25, -0.2) is 0 Å².